The minimum absolute atomic E-state index is 0.0133. The number of amides is 1. The zero-order valence-electron chi connectivity index (χ0n) is 12.4. The zero-order valence-corrected chi connectivity index (χ0v) is 12.4. The molecule has 0 radical (unpaired) electrons. The van der Waals surface area contributed by atoms with Gasteiger partial charge in [0, 0.05) is 12.2 Å². The van der Waals surface area contributed by atoms with E-state index in [-0.39, 0.29) is 11.9 Å². The predicted octanol–water partition coefficient (Wildman–Crippen LogP) is 2.22. The Kier molecular flexibility index (Phi) is 4.27. The molecular weight excluding hydrogens is 264 g/mol. The molecule has 1 amide bonds. The van der Waals surface area contributed by atoms with Gasteiger partial charge in [0.1, 0.15) is 0 Å². The van der Waals surface area contributed by atoms with Gasteiger partial charge in [-0.3, -0.25) is 4.79 Å². The van der Waals surface area contributed by atoms with Gasteiger partial charge in [0.25, 0.3) is 0 Å². The SMILES string of the molecule is O=C1Nc2ccccc2CCC1NCC1(O)CCCCC1. The molecule has 4 heteroatoms. The van der Waals surface area contributed by atoms with E-state index in [1.54, 1.807) is 0 Å². The average Bonchev–Trinajstić information content (AvgIpc) is 2.64. The van der Waals surface area contributed by atoms with Crippen molar-refractivity contribution >= 4 is 11.6 Å². The number of hydrogen-bond acceptors (Lipinski definition) is 3. The first-order valence-corrected chi connectivity index (χ1v) is 8.01. The van der Waals surface area contributed by atoms with Crippen LogP contribution in [0.2, 0.25) is 0 Å². The third kappa shape index (κ3) is 3.44. The highest BCUT2D eigenvalue weighted by atomic mass is 16.3. The van der Waals surface area contributed by atoms with E-state index in [1.807, 2.05) is 18.2 Å². The number of fused-ring (bicyclic) bond motifs is 1. The summed E-state index contributed by atoms with van der Waals surface area (Å²) in [6.07, 6.45) is 6.72. The summed E-state index contributed by atoms with van der Waals surface area (Å²) in [5, 5.41) is 16.8. The largest absolute Gasteiger partial charge is 0.389 e. The lowest BCUT2D eigenvalue weighted by atomic mass is 9.84. The summed E-state index contributed by atoms with van der Waals surface area (Å²) < 4.78 is 0. The number of carbonyl (C=O) groups is 1. The maximum absolute atomic E-state index is 12.3. The summed E-state index contributed by atoms with van der Waals surface area (Å²) in [6, 6.07) is 7.74. The van der Waals surface area contributed by atoms with Crippen molar-refractivity contribution in [3.05, 3.63) is 29.8 Å². The highest BCUT2D eigenvalue weighted by Gasteiger charge is 2.31. The van der Waals surface area contributed by atoms with Gasteiger partial charge in [0.2, 0.25) is 5.91 Å². The molecule has 1 saturated carbocycles. The fourth-order valence-electron chi connectivity index (χ4n) is 3.41. The van der Waals surface area contributed by atoms with Gasteiger partial charge in [-0.2, -0.15) is 0 Å². The fraction of sp³-hybridized carbons (Fsp3) is 0.588. The Labute approximate surface area is 125 Å². The van der Waals surface area contributed by atoms with Gasteiger partial charge in [0.15, 0.2) is 0 Å². The first kappa shape index (κ1) is 14.5. The molecule has 0 aromatic heterocycles. The van der Waals surface area contributed by atoms with Crippen LogP contribution in [0.25, 0.3) is 0 Å². The topological polar surface area (TPSA) is 61.4 Å². The first-order chi connectivity index (χ1) is 10.2. The Morgan fingerprint density at radius 3 is 2.81 bits per heavy atom. The van der Waals surface area contributed by atoms with Crippen LogP contribution in [0.4, 0.5) is 5.69 Å². The molecule has 0 spiro atoms. The molecule has 21 heavy (non-hydrogen) atoms. The van der Waals surface area contributed by atoms with Crippen LogP contribution in [0.15, 0.2) is 24.3 Å². The molecule has 3 N–H and O–H groups in total. The van der Waals surface area contributed by atoms with E-state index in [4.69, 9.17) is 0 Å². The summed E-state index contributed by atoms with van der Waals surface area (Å²) in [4.78, 5) is 12.3. The smallest absolute Gasteiger partial charge is 0.241 e. The molecule has 1 atom stereocenters. The van der Waals surface area contributed by atoms with Crippen LogP contribution >= 0.6 is 0 Å². The summed E-state index contributed by atoms with van der Waals surface area (Å²) >= 11 is 0. The zero-order chi connectivity index (χ0) is 14.7. The second-order valence-electron chi connectivity index (χ2n) is 6.40. The molecule has 4 nitrogen and oxygen atoms in total. The molecule has 114 valence electrons. The Morgan fingerprint density at radius 2 is 2.00 bits per heavy atom. The van der Waals surface area contributed by atoms with Crippen molar-refractivity contribution in [2.75, 3.05) is 11.9 Å². The molecule has 1 aromatic carbocycles. The number of nitrogens with one attached hydrogen (secondary N) is 2. The molecule has 1 heterocycles. The molecule has 1 aliphatic carbocycles. The molecule has 0 bridgehead atoms. The van der Waals surface area contributed by atoms with E-state index in [0.717, 1.165) is 44.2 Å². The third-order valence-electron chi connectivity index (χ3n) is 4.76. The van der Waals surface area contributed by atoms with E-state index >= 15 is 0 Å². The van der Waals surface area contributed by atoms with Gasteiger partial charge >= 0.3 is 0 Å². The Bertz CT molecular complexity index is 509. The lowest BCUT2D eigenvalue weighted by Crippen LogP contribution is -2.49. The Morgan fingerprint density at radius 1 is 1.24 bits per heavy atom. The quantitative estimate of drug-likeness (QED) is 0.799. The van der Waals surface area contributed by atoms with Gasteiger partial charge < -0.3 is 15.7 Å². The normalized spacial score (nSPS) is 24.8. The highest BCUT2D eigenvalue weighted by molar-refractivity contribution is 5.96. The van der Waals surface area contributed by atoms with Crippen molar-refractivity contribution in [1.29, 1.82) is 0 Å². The molecule has 1 aliphatic heterocycles. The fourth-order valence-corrected chi connectivity index (χ4v) is 3.41. The number of rotatable bonds is 3. The first-order valence-electron chi connectivity index (χ1n) is 8.01. The van der Waals surface area contributed by atoms with Crippen LogP contribution in [0.5, 0.6) is 0 Å². The second kappa shape index (κ2) is 6.16. The number of carbonyl (C=O) groups excluding carboxylic acids is 1. The van der Waals surface area contributed by atoms with E-state index < -0.39 is 5.60 Å². The minimum atomic E-state index is -0.627. The Hall–Kier alpha value is -1.39. The van der Waals surface area contributed by atoms with Crippen LogP contribution in [0, 0.1) is 0 Å². The predicted molar refractivity (Wildman–Crippen MR) is 83.2 cm³/mol. The maximum Gasteiger partial charge on any atom is 0.241 e. The van der Waals surface area contributed by atoms with Crippen LogP contribution in [-0.2, 0) is 11.2 Å². The van der Waals surface area contributed by atoms with E-state index in [1.165, 1.54) is 12.0 Å². The summed E-state index contributed by atoms with van der Waals surface area (Å²) in [5.41, 5.74) is 1.48. The lowest BCUT2D eigenvalue weighted by Gasteiger charge is -2.33. The molecule has 1 fully saturated rings. The Balaban J connectivity index is 1.61. The van der Waals surface area contributed by atoms with Crippen LogP contribution in [-0.4, -0.2) is 29.2 Å². The molecule has 1 aromatic rings. The number of hydrogen-bond donors (Lipinski definition) is 3. The third-order valence-corrected chi connectivity index (χ3v) is 4.76. The second-order valence-corrected chi connectivity index (χ2v) is 6.40. The van der Waals surface area contributed by atoms with Gasteiger partial charge in [-0.15, -0.1) is 0 Å². The van der Waals surface area contributed by atoms with Crippen molar-refractivity contribution in [2.24, 2.45) is 0 Å². The molecule has 1 unspecified atom stereocenters. The van der Waals surface area contributed by atoms with Crippen LogP contribution in [0.1, 0.15) is 44.1 Å². The molecule has 2 aliphatic rings. The van der Waals surface area contributed by atoms with Crippen LogP contribution < -0.4 is 10.6 Å². The minimum Gasteiger partial charge on any atom is -0.389 e. The molecule has 3 rings (SSSR count). The highest BCUT2D eigenvalue weighted by Crippen LogP contribution is 2.28. The summed E-state index contributed by atoms with van der Waals surface area (Å²) in [7, 11) is 0. The number of aliphatic hydroxyl groups is 1. The maximum atomic E-state index is 12.3. The number of para-hydroxylation sites is 1. The van der Waals surface area contributed by atoms with Gasteiger partial charge in [-0.1, -0.05) is 37.5 Å². The molecular formula is C17H24N2O2. The number of anilines is 1. The summed E-state index contributed by atoms with van der Waals surface area (Å²) in [6.45, 7) is 0.515. The lowest BCUT2D eigenvalue weighted by molar-refractivity contribution is -0.118. The van der Waals surface area contributed by atoms with E-state index in [9.17, 15) is 9.90 Å². The number of aryl methyl sites for hydroxylation is 1. The van der Waals surface area contributed by atoms with Gasteiger partial charge in [-0.25, -0.2) is 0 Å². The van der Waals surface area contributed by atoms with Gasteiger partial charge in [0.05, 0.1) is 11.6 Å². The monoisotopic (exact) mass is 288 g/mol. The van der Waals surface area contributed by atoms with Gasteiger partial charge in [-0.05, 0) is 37.3 Å². The van der Waals surface area contributed by atoms with Crippen molar-refractivity contribution in [2.45, 2.75) is 56.6 Å². The van der Waals surface area contributed by atoms with E-state index in [0.29, 0.717) is 6.54 Å². The van der Waals surface area contributed by atoms with E-state index in [2.05, 4.69) is 16.7 Å². The van der Waals surface area contributed by atoms with Crippen LogP contribution in [0.3, 0.4) is 0 Å². The average molecular weight is 288 g/mol. The standard InChI is InChI=1S/C17H24N2O2/c20-16-15(18-12-17(21)10-4-1-5-11-17)9-8-13-6-2-3-7-14(13)19-16/h2-3,6-7,15,18,21H,1,4-5,8-12H2,(H,19,20). The van der Waals surface area contributed by atoms with Crippen molar-refractivity contribution < 1.29 is 9.90 Å². The summed E-state index contributed by atoms with van der Waals surface area (Å²) in [5.74, 6) is 0.0133. The number of benzene rings is 1. The van der Waals surface area contributed by atoms with Crippen molar-refractivity contribution in [1.82, 2.24) is 5.32 Å². The molecule has 0 saturated heterocycles. The van der Waals surface area contributed by atoms with Crippen molar-refractivity contribution in [3.8, 4) is 0 Å². The van der Waals surface area contributed by atoms with Crippen molar-refractivity contribution in [3.63, 3.8) is 0 Å².